The molecule has 60 heavy (non-hydrogen) atoms. The average molecular weight is 832 g/mol. The highest BCUT2D eigenvalue weighted by Crippen LogP contribution is 2.35. The second-order valence-corrected chi connectivity index (χ2v) is 15.3. The number of carbonyl (C=O) groups is 5. The van der Waals surface area contributed by atoms with E-state index < -0.39 is 72.8 Å². The number of fused-ring (bicyclic) bond motifs is 1. The van der Waals surface area contributed by atoms with Gasteiger partial charge in [-0.25, -0.2) is 23.4 Å². The van der Waals surface area contributed by atoms with Crippen LogP contribution < -0.4 is 25.4 Å². The molecule has 2 heterocycles. The van der Waals surface area contributed by atoms with Gasteiger partial charge in [-0.1, -0.05) is 70.2 Å². The van der Waals surface area contributed by atoms with Crippen LogP contribution in [0.4, 0.5) is 13.6 Å². The number of nitrogens with zero attached hydrogens (tertiary/aromatic N) is 2. The van der Waals surface area contributed by atoms with Gasteiger partial charge in [-0.15, -0.1) is 0 Å². The molecule has 1 aromatic heterocycles. The van der Waals surface area contributed by atoms with Crippen LogP contribution in [0.2, 0.25) is 0 Å². The zero-order valence-corrected chi connectivity index (χ0v) is 34.2. The lowest BCUT2D eigenvalue weighted by Crippen LogP contribution is -2.57. The molecule has 1 aliphatic heterocycles. The fourth-order valence-corrected chi connectivity index (χ4v) is 6.76. The van der Waals surface area contributed by atoms with Gasteiger partial charge >= 0.3 is 12.1 Å². The van der Waals surface area contributed by atoms with Crippen LogP contribution in [-0.2, 0) is 25.5 Å². The third-order valence-electron chi connectivity index (χ3n) is 9.91. The van der Waals surface area contributed by atoms with Crippen LogP contribution in [0.5, 0.6) is 11.5 Å². The number of aromatic nitrogens is 1. The largest absolute Gasteiger partial charge is 0.497 e. The summed E-state index contributed by atoms with van der Waals surface area (Å²) in [6.45, 7) is 7.15. The molecule has 16 heteroatoms. The fourth-order valence-electron chi connectivity index (χ4n) is 6.76. The van der Waals surface area contributed by atoms with E-state index in [0.29, 0.717) is 33.7 Å². The van der Waals surface area contributed by atoms with E-state index >= 15 is 0 Å². The third-order valence-corrected chi connectivity index (χ3v) is 9.91. The van der Waals surface area contributed by atoms with Crippen molar-refractivity contribution < 1.29 is 52.1 Å². The molecular formula is C44H51F2N5O9. The Labute approximate surface area is 347 Å². The molecule has 4 amide bonds. The Morgan fingerprint density at radius 2 is 1.65 bits per heavy atom. The van der Waals surface area contributed by atoms with Gasteiger partial charge in [0.15, 0.2) is 0 Å². The summed E-state index contributed by atoms with van der Waals surface area (Å²) in [4.78, 5) is 72.0. The van der Waals surface area contributed by atoms with E-state index in [1.807, 2.05) is 44.2 Å². The standard InChI is InChI=1S/C44H51F2N5O9/c1-25(2)24-59-44(57)50-39(26(3)4)42(54)51-23-31(60-37-21-33(28-9-7-6-8-10-28)48-34-19-30(58-5)15-16-32(34)37)20-36(51)41(53)49-35(22-38(45)46)40(52)47-18-17-27-11-13-29(14-12-27)43(55)56/h6-16,19,21,25-26,31,35-36,38-39H,17-18,20,22-24H2,1-5H3,(H,47,52)(H,49,53)(H,50,57)(H,55,56)/t31-,35?,36+,39+/m1/s1. The number of methoxy groups -OCH3 is 1. The van der Waals surface area contributed by atoms with Crippen LogP contribution >= 0.6 is 0 Å². The smallest absolute Gasteiger partial charge is 0.407 e. The van der Waals surface area contributed by atoms with Gasteiger partial charge in [0.25, 0.3) is 0 Å². The molecule has 3 aromatic carbocycles. The highest BCUT2D eigenvalue weighted by Gasteiger charge is 2.45. The predicted molar refractivity (Wildman–Crippen MR) is 219 cm³/mol. The maximum absolute atomic E-state index is 14.4. The molecule has 320 valence electrons. The van der Waals surface area contributed by atoms with Gasteiger partial charge < -0.3 is 40.2 Å². The first-order chi connectivity index (χ1) is 28.6. The minimum Gasteiger partial charge on any atom is -0.497 e. The normalized spacial score (nSPS) is 16.1. The molecule has 1 fully saturated rings. The number of hydrogen-bond donors (Lipinski definition) is 4. The Morgan fingerprint density at radius 1 is 0.933 bits per heavy atom. The number of carboxylic acids is 1. The van der Waals surface area contributed by atoms with Crippen molar-refractivity contribution in [3.8, 4) is 22.8 Å². The predicted octanol–water partition coefficient (Wildman–Crippen LogP) is 5.86. The lowest BCUT2D eigenvalue weighted by Gasteiger charge is -2.31. The van der Waals surface area contributed by atoms with Crippen LogP contribution in [0.3, 0.4) is 0 Å². The summed E-state index contributed by atoms with van der Waals surface area (Å²) in [6.07, 6.45) is -5.42. The van der Waals surface area contributed by atoms with Crippen molar-refractivity contribution in [2.24, 2.45) is 11.8 Å². The summed E-state index contributed by atoms with van der Waals surface area (Å²) in [5.41, 5.74) is 2.74. The number of ether oxygens (including phenoxy) is 3. The molecule has 1 saturated heterocycles. The van der Waals surface area contributed by atoms with Gasteiger partial charge in [0, 0.05) is 42.5 Å². The van der Waals surface area contributed by atoms with Crippen molar-refractivity contribution >= 4 is 40.7 Å². The Bertz CT molecular complexity index is 2140. The summed E-state index contributed by atoms with van der Waals surface area (Å²) in [7, 11) is 1.54. The van der Waals surface area contributed by atoms with E-state index in [1.54, 1.807) is 50.2 Å². The molecule has 4 N–H and O–H groups in total. The van der Waals surface area contributed by atoms with Gasteiger partial charge in [0.1, 0.15) is 35.7 Å². The number of carboxylic acid groups (broad SMARTS) is 1. The van der Waals surface area contributed by atoms with Gasteiger partial charge in [-0.3, -0.25) is 14.4 Å². The number of alkyl carbamates (subject to hydrolysis) is 1. The fraction of sp³-hybridized carbons (Fsp3) is 0.409. The molecule has 4 aromatic rings. The molecule has 1 aliphatic rings. The van der Waals surface area contributed by atoms with E-state index in [0.717, 1.165) is 5.56 Å². The number of aromatic carboxylic acids is 1. The van der Waals surface area contributed by atoms with Gasteiger partial charge in [-0.2, -0.15) is 0 Å². The molecule has 1 unspecified atom stereocenters. The molecule has 0 spiro atoms. The van der Waals surface area contributed by atoms with Crippen LogP contribution in [0.1, 0.15) is 56.5 Å². The topological polar surface area (TPSA) is 185 Å². The number of likely N-dealkylation sites (tertiary alicyclic amines) is 1. The quantitative estimate of drug-likeness (QED) is 0.0947. The lowest BCUT2D eigenvalue weighted by molar-refractivity contribution is -0.141. The van der Waals surface area contributed by atoms with E-state index in [1.165, 1.54) is 24.1 Å². The van der Waals surface area contributed by atoms with E-state index in [2.05, 4.69) is 16.0 Å². The number of pyridine rings is 1. The maximum Gasteiger partial charge on any atom is 0.407 e. The van der Waals surface area contributed by atoms with Crippen LogP contribution in [-0.4, -0.2) is 102 Å². The SMILES string of the molecule is COc1ccc2c(O[C@@H]3C[C@@H](C(=O)NC(CC(F)F)C(=O)NCCc4ccc(C(=O)O)cc4)N(C(=O)[C@@H](NC(=O)OCC(C)C)C(C)C)C3)cc(-c3ccccc3)nc2c1. The maximum atomic E-state index is 14.4. The van der Waals surface area contributed by atoms with Crippen molar-refractivity contribution in [1.29, 1.82) is 0 Å². The zero-order valence-electron chi connectivity index (χ0n) is 34.2. The molecule has 0 aliphatic carbocycles. The Balaban J connectivity index is 1.42. The molecule has 14 nitrogen and oxygen atoms in total. The summed E-state index contributed by atoms with van der Waals surface area (Å²) < 4.78 is 45.1. The zero-order chi connectivity index (χ0) is 43.5. The Morgan fingerprint density at radius 3 is 2.28 bits per heavy atom. The van der Waals surface area contributed by atoms with Gasteiger partial charge in [0.2, 0.25) is 24.1 Å². The Kier molecular flexibility index (Phi) is 15.4. The third kappa shape index (κ3) is 11.9. The highest BCUT2D eigenvalue weighted by atomic mass is 19.3. The first kappa shape index (κ1) is 44.8. The number of rotatable bonds is 18. The number of benzene rings is 3. The first-order valence-electron chi connectivity index (χ1n) is 19.8. The molecule has 5 rings (SSSR count). The molecular weight excluding hydrogens is 781 g/mol. The second kappa shape index (κ2) is 20.6. The van der Waals surface area contributed by atoms with Crippen LogP contribution in [0, 0.1) is 11.8 Å². The van der Waals surface area contributed by atoms with Crippen LogP contribution in [0.15, 0.2) is 78.9 Å². The Hall–Kier alpha value is -6.32. The van der Waals surface area contributed by atoms with Gasteiger partial charge in [-0.05, 0) is 48.1 Å². The van der Waals surface area contributed by atoms with Crippen molar-refractivity contribution in [1.82, 2.24) is 25.8 Å². The van der Waals surface area contributed by atoms with Crippen molar-refractivity contribution in [2.45, 2.75) is 77.6 Å². The molecule has 0 radical (unpaired) electrons. The number of nitrogens with one attached hydrogen (secondary N) is 3. The number of carbonyl (C=O) groups excluding carboxylic acids is 4. The molecule has 0 bridgehead atoms. The number of amides is 4. The first-order valence-corrected chi connectivity index (χ1v) is 19.8. The monoisotopic (exact) mass is 831 g/mol. The van der Waals surface area contributed by atoms with Gasteiger partial charge in [0.05, 0.1) is 37.0 Å². The number of halogens is 2. The second-order valence-electron chi connectivity index (χ2n) is 15.3. The number of alkyl halides is 2. The lowest BCUT2D eigenvalue weighted by atomic mass is 10.0. The van der Waals surface area contributed by atoms with E-state index in [-0.39, 0.29) is 44.0 Å². The van der Waals surface area contributed by atoms with E-state index in [9.17, 15) is 32.8 Å². The minimum absolute atomic E-state index is 0.0101. The van der Waals surface area contributed by atoms with Crippen molar-refractivity contribution in [2.75, 3.05) is 26.8 Å². The molecule has 4 atom stereocenters. The summed E-state index contributed by atoms with van der Waals surface area (Å²) >= 11 is 0. The van der Waals surface area contributed by atoms with Crippen molar-refractivity contribution in [3.05, 3.63) is 90.0 Å². The summed E-state index contributed by atoms with van der Waals surface area (Å²) in [5.74, 6) is -2.90. The molecule has 0 saturated carbocycles. The summed E-state index contributed by atoms with van der Waals surface area (Å²) in [5, 5.41) is 17.4. The minimum atomic E-state index is -2.97. The number of hydrogen-bond acceptors (Lipinski definition) is 9. The average Bonchev–Trinajstić information content (AvgIpc) is 3.65. The summed E-state index contributed by atoms with van der Waals surface area (Å²) in [6, 6.07) is 18.4. The van der Waals surface area contributed by atoms with E-state index in [4.69, 9.17) is 24.3 Å². The van der Waals surface area contributed by atoms with Crippen molar-refractivity contribution in [3.63, 3.8) is 0 Å². The van der Waals surface area contributed by atoms with Crippen LogP contribution in [0.25, 0.3) is 22.2 Å². The highest BCUT2D eigenvalue weighted by molar-refractivity contribution is 5.95.